The van der Waals surface area contributed by atoms with Gasteiger partial charge in [-0.05, 0) is 19.1 Å². The minimum atomic E-state index is -1.04. The molecule has 0 saturated heterocycles. The topological polar surface area (TPSA) is 72.8 Å². The van der Waals surface area contributed by atoms with Crippen LogP contribution in [0.3, 0.4) is 0 Å². The molecule has 1 N–H and O–H groups in total. The summed E-state index contributed by atoms with van der Waals surface area (Å²) in [6, 6.07) is 8.43. The monoisotopic (exact) mass is 252 g/mol. The largest absolute Gasteiger partial charge is 0.466 e. The van der Waals surface area contributed by atoms with E-state index < -0.39 is 18.0 Å². The van der Waals surface area contributed by atoms with Crippen LogP contribution in [0.1, 0.15) is 23.7 Å². The third-order valence-electron chi connectivity index (χ3n) is 2.12. The van der Waals surface area contributed by atoms with E-state index in [1.807, 2.05) is 0 Å². The van der Waals surface area contributed by atoms with Crippen LogP contribution in [-0.2, 0) is 14.3 Å². The molecule has 0 aliphatic rings. The lowest BCUT2D eigenvalue weighted by atomic mass is 10.2. The van der Waals surface area contributed by atoms with Crippen molar-refractivity contribution in [2.24, 2.45) is 0 Å². The summed E-state index contributed by atoms with van der Waals surface area (Å²) in [5, 5.41) is 9.46. The summed E-state index contributed by atoms with van der Waals surface area (Å²) in [5.41, 5.74) is 0.404. The molecule has 0 radical (unpaired) electrons. The van der Waals surface area contributed by atoms with Gasteiger partial charge in [0, 0.05) is 0 Å². The standard InChI is InChI=1S/C13H16O5/c1-2-17-12(15)8-11(14)9-18-13(16)10-6-4-3-5-7-10/h3-7,11,14H,2,8-9H2,1H3/t11-/m1/s1. The second kappa shape index (κ2) is 7.45. The predicted octanol–water partition coefficient (Wildman–Crippen LogP) is 1.16. The molecule has 0 unspecified atom stereocenters. The minimum Gasteiger partial charge on any atom is -0.466 e. The van der Waals surface area contributed by atoms with Gasteiger partial charge < -0.3 is 14.6 Å². The fourth-order valence-electron chi connectivity index (χ4n) is 1.30. The van der Waals surface area contributed by atoms with Crippen LogP contribution in [0.2, 0.25) is 0 Å². The van der Waals surface area contributed by atoms with Gasteiger partial charge in [-0.2, -0.15) is 0 Å². The van der Waals surface area contributed by atoms with Crippen molar-refractivity contribution < 1.29 is 24.2 Å². The fourth-order valence-corrected chi connectivity index (χ4v) is 1.30. The second-order valence-electron chi connectivity index (χ2n) is 3.63. The molecular weight excluding hydrogens is 236 g/mol. The van der Waals surface area contributed by atoms with E-state index in [1.165, 1.54) is 0 Å². The zero-order chi connectivity index (χ0) is 13.4. The smallest absolute Gasteiger partial charge is 0.338 e. The van der Waals surface area contributed by atoms with E-state index in [4.69, 9.17) is 4.74 Å². The summed E-state index contributed by atoms with van der Waals surface area (Å²) in [4.78, 5) is 22.6. The molecule has 1 aromatic carbocycles. The number of aliphatic hydroxyl groups excluding tert-OH is 1. The maximum absolute atomic E-state index is 11.5. The Kier molecular flexibility index (Phi) is 5.87. The molecule has 0 fully saturated rings. The first kappa shape index (κ1) is 14.2. The molecule has 0 aliphatic carbocycles. The first-order chi connectivity index (χ1) is 8.63. The van der Waals surface area contributed by atoms with Gasteiger partial charge in [0.15, 0.2) is 0 Å². The van der Waals surface area contributed by atoms with Crippen LogP contribution in [-0.4, -0.2) is 36.4 Å². The molecule has 1 aromatic rings. The number of carbonyl (C=O) groups excluding carboxylic acids is 2. The summed E-state index contributed by atoms with van der Waals surface area (Å²) in [6.07, 6.45) is -1.23. The lowest BCUT2D eigenvalue weighted by Gasteiger charge is -2.10. The molecule has 98 valence electrons. The summed E-state index contributed by atoms with van der Waals surface area (Å²) < 4.78 is 9.54. The van der Waals surface area contributed by atoms with Gasteiger partial charge in [0.1, 0.15) is 6.61 Å². The number of aliphatic hydroxyl groups is 1. The van der Waals surface area contributed by atoms with Crippen LogP contribution < -0.4 is 0 Å². The van der Waals surface area contributed by atoms with Gasteiger partial charge in [-0.1, -0.05) is 18.2 Å². The number of hydrogen-bond acceptors (Lipinski definition) is 5. The third-order valence-corrected chi connectivity index (χ3v) is 2.12. The first-order valence-corrected chi connectivity index (χ1v) is 5.69. The number of esters is 2. The van der Waals surface area contributed by atoms with Crippen molar-refractivity contribution >= 4 is 11.9 Å². The highest BCUT2D eigenvalue weighted by atomic mass is 16.5. The highest BCUT2D eigenvalue weighted by molar-refractivity contribution is 5.89. The Balaban J connectivity index is 2.32. The maximum Gasteiger partial charge on any atom is 0.338 e. The average Bonchev–Trinajstić information content (AvgIpc) is 2.37. The normalized spacial score (nSPS) is 11.7. The van der Waals surface area contributed by atoms with Crippen LogP contribution in [0.4, 0.5) is 0 Å². The summed E-state index contributed by atoms with van der Waals surface area (Å²) in [5.74, 6) is -1.04. The van der Waals surface area contributed by atoms with Crippen molar-refractivity contribution in [1.29, 1.82) is 0 Å². The lowest BCUT2D eigenvalue weighted by Crippen LogP contribution is -2.23. The number of hydrogen-bond donors (Lipinski definition) is 1. The Morgan fingerprint density at radius 2 is 1.89 bits per heavy atom. The van der Waals surface area contributed by atoms with E-state index >= 15 is 0 Å². The van der Waals surface area contributed by atoms with Crippen molar-refractivity contribution in [3.05, 3.63) is 35.9 Å². The molecule has 1 rings (SSSR count). The molecule has 5 nitrogen and oxygen atoms in total. The highest BCUT2D eigenvalue weighted by Crippen LogP contribution is 2.03. The van der Waals surface area contributed by atoms with Gasteiger partial charge in [0.05, 0.1) is 24.7 Å². The number of benzene rings is 1. The lowest BCUT2D eigenvalue weighted by molar-refractivity contribution is -0.145. The minimum absolute atomic E-state index is 0.185. The molecule has 0 amide bonds. The molecule has 5 heteroatoms. The quantitative estimate of drug-likeness (QED) is 0.769. The third kappa shape index (κ3) is 4.97. The van der Waals surface area contributed by atoms with E-state index in [1.54, 1.807) is 37.3 Å². The van der Waals surface area contributed by atoms with Crippen molar-refractivity contribution in [3.63, 3.8) is 0 Å². The van der Waals surface area contributed by atoms with Crippen LogP contribution in [0.15, 0.2) is 30.3 Å². The van der Waals surface area contributed by atoms with Crippen molar-refractivity contribution in [1.82, 2.24) is 0 Å². The number of rotatable bonds is 6. The Bertz CT molecular complexity index is 388. The summed E-state index contributed by atoms with van der Waals surface area (Å²) in [7, 11) is 0. The number of carbonyl (C=O) groups is 2. The van der Waals surface area contributed by atoms with Gasteiger partial charge in [-0.3, -0.25) is 4.79 Å². The van der Waals surface area contributed by atoms with Gasteiger partial charge in [-0.25, -0.2) is 4.79 Å². The van der Waals surface area contributed by atoms with Gasteiger partial charge >= 0.3 is 11.9 Å². The zero-order valence-electron chi connectivity index (χ0n) is 10.2. The van der Waals surface area contributed by atoms with E-state index in [-0.39, 0.29) is 19.6 Å². The van der Waals surface area contributed by atoms with Crippen LogP contribution >= 0.6 is 0 Å². The van der Waals surface area contributed by atoms with Crippen LogP contribution in [0.25, 0.3) is 0 Å². The molecule has 1 atom stereocenters. The molecule has 0 aliphatic heterocycles. The number of ether oxygens (including phenoxy) is 2. The van der Waals surface area contributed by atoms with Crippen molar-refractivity contribution in [2.75, 3.05) is 13.2 Å². The van der Waals surface area contributed by atoms with Gasteiger partial charge in [-0.15, -0.1) is 0 Å². The van der Waals surface area contributed by atoms with Crippen molar-refractivity contribution in [3.8, 4) is 0 Å². The Morgan fingerprint density at radius 3 is 2.50 bits per heavy atom. The molecule has 18 heavy (non-hydrogen) atoms. The fraction of sp³-hybridized carbons (Fsp3) is 0.385. The van der Waals surface area contributed by atoms with E-state index in [2.05, 4.69) is 4.74 Å². The van der Waals surface area contributed by atoms with E-state index in [0.717, 1.165) is 0 Å². The molecule has 0 heterocycles. The van der Waals surface area contributed by atoms with Crippen LogP contribution in [0, 0.1) is 0 Å². The van der Waals surface area contributed by atoms with Crippen molar-refractivity contribution in [2.45, 2.75) is 19.4 Å². The molecule has 0 spiro atoms. The zero-order valence-corrected chi connectivity index (χ0v) is 10.2. The van der Waals surface area contributed by atoms with Gasteiger partial charge in [0.25, 0.3) is 0 Å². The molecule has 0 bridgehead atoms. The Morgan fingerprint density at radius 1 is 1.22 bits per heavy atom. The second-order valence-corrected chi connectivity index (χ2v) is 3.63. The summed E-state index contributed by atoms with van der Waals surface area (Å²) >= 11 is 0. The van der Waals surface area contributed by atoms with Crippen LogP contribution in [0.5, 0.6) is 0 Å². The van der Waals surface area contributed by atoms with E-state index in [0.29, 0.717) is 5.56 Å². The van der Waals surface area contributed by atoms with Gasteiger partial charge in [0.2, 0.25) is 0 Å². The highest BCUT2D eigenvalue weighted by Gasteiger charge is 2.14. The maximum atomic E-state index is 11.5. The van der Waals surface area contributed by atoms with E-state index in [9.17, 15) is 14.7 Å². The Hall–Kier alpha value is -1.88. The molecular formula is C13H16O5. The molecule has 0 aromatic heterocycles. The SMILES string of the molecule is CCOC(=O)C[C@@H](O)COC(=O)c1ccccc1. The average molecular weight is 252 g/mol. The Labute approximate surface area is 105 Å². The first-order valence-electron chi connectivity index (χ1n) is 5.69. The predicted molar refractivity (Wildman–Crippen MR) is 64.0 cm³/mol. The molecule has 0 saturated carbocycles. The summed E-state index contributed by atoms with van der Waals surface area (Å²) in [6.45, 7) is 1.71.